The van der Waals surface area contributed by atoms with Crippen LogP contribution in [0.5, 0.6) is 0 Å². The van der Waals surface area contributed by atoms with Crippen molar-refractivity contribution in [1.82, 2.24) is 0 Å². The third-order valence-corrected chi connectivity index (χ3v) is 2.24. The van der Waals surface area contributed by atoms with Gasteiger partial charge < -0.3 is 4.74 Å². The van der Waals surface area contributed by atoms with Crippen LogP contribution in [0.25, 0.3) is 0 Å². The lowest BCUT2D eigenvalue weighted by Crippen LogP contribution is -2.13. The van der Waals surface area contributed by atoms with Gasteiger partial charge in [0.15, 0.2) is 0 Å². The number of thiol groups is 1. The number of carbonyl (C=O) groups excluding carboxylic acids is 1. The van der Waals surface area contributed by atoms with Crippen molar-refractivity contribution in [3.63, 3.8) is 0 Å². The molecule has 1 aromatic carbocycles. The van der Waals surface area contributed by atoms with Gasteiger partial charge in [0.05, 0.1) is 11.7 Å². The monoisotopic (exact) mass is 210 g/mol. The molecule has 0 bridgehead atoms. The molecule has 0 aliphatic heterocycles. The van der Waals surface area contributed by atoms with Gasteiger partial charge in [0.25, 0.3) is 0 Å². The normalized spacial score (nSPS) is 12.2. The second-order valence-corrected chi connectivity index (χ2v) is 3.69. The van der Waals surface area contributed by atoms with E-state index in [0.29, 0.717) is 5.56 Å². The third kappa shape index (κ3) is 3.07. The fourth-order valence-corrected chi connectivity index (χ4v) is 1.19. The quantitative estimate of drug-likeness (QED) is 0.613. The van der Waals surface area contributed by atoms with Crippen molar-refractivity contribution >= 4 is 18.6 Å². The largest absolute Gasteiger partial charge is 0.459 e. The smallest absolute Gasteiger partial charge is 0.338 e. The fraction of sp³-hybridized carbons (Fsp3) is 0.364. The van der Waals surface area contributed by atoms with E-state index in [1.165, 1.54) is 0 Å². The van der Waals surface area contributed by atoms with Crippen LogP contribution < -0.4 is 0 Å². The van der Waals surface area contributed by atoms with Gasteiger partial charge in [0.2, 0.25) is 0 Å². The highest BCUT2D eigenvalue weighted by molar-refractivity contribution is 7.80. The Hall–Kier alpha value is -0.960. The molecular weight excluding hydrogens is 196 g/mol. The molecule has 0 radical (unpaired) electrons. The summed E-state index contributed by atoms with van der Waals surface area (Å²) in [4.78, 5) is 12.3. The Morgan fingerprint density at radius 2 is 2.29 bits per heavy atom. The second-order valence-electron chi connectivity index (χ2n) is 3.17. The summed E-state index contributed by atoms with van der Waals surface area (Å²) in [5.74, 6) is -0.282. The van der Waals surface area contributed by atoms with Crippen LogP contribution in [0.15, 0.2) is 29.2 Å². The molecular formula is C11H14O2S. The Labute approximate surface area is 89.7 Å². The van der Waals surface area contributed by atoms with Gasteiger partial charge in [-0.1, -0.05) is 13.0 Å². The Balaban J connectivity index is 2.70. The van der Waals surface area contributed by atoms with Crippen LogP contribution in [-0.2, 0) is 4.74 Å². The summed E-state index contributed by atoms with van der Waals surface area (Å²) in [5, 5.41) is 0. The number of hydrogen-bond acceptors (Lipinski definition) is 3. The molecule has 2 nitrogen and oxygen atoms in total. The highest BCUT2D eigenvalue weighted by Gasteiger charge is 2.10. The molecule has 76 valence electrons. The average molecular weight is 210 g/mol. The molecule has 0 aromatic heterocycles. The SMILES string of the molecule is CCC(C)OC(=O)c1cccc(S)c1. The molecule has 0 heterocycles. The average Bonchev–Trinajstić information content (AvgIpc) is 2.17. The van der Waals surface area contributed by atoms with E-state index in [-0.39, 0.29) is 12.1 Å². The Bertz CT molecular complexity index is 323. The van der Waals surface area contributed by atoms with Crippen molar-refractivity contribution in [2.75, 3.05) is 0 Å². The van der Waals surface area contributed by atoms with Gasteiger partial charge in [0, 0.05) is 4.90 Å². The first-order chi connectivity index (χ1) is 6.63. The highest BCUT2D eigenvalue weighted by atomic mass is 32.1. The van der Waals surface area contributed by atoms with Crippen molar-refractivity contribution in [2.45, 2.75) is 31.3 Å². The van der Waals surface area contributed by atoms with Crippen LogP contribution >= 0.6 is 12.6 Å². The summed E-state index contributed by atoms with van der Waals surface area (Å²) in [5.41, 5.74) is 0.554. The van der Waals surface area contributed by atoms with Crippen LogP contribution in [0.2, 0.25) is 0 Å². The molecule has 1 aromatic rings. The molecule has 0 saturated carbocycles. The molecule has 0 aliphatic carbocycles. The summed E-state index contributed by atoms with van der Waals surface area (Å²) in [6.45, 7) is 3.86. The van der Waals surface area contributed by atoms with Crippen molar-refractivity contribution < 1.29 is 9.53 Å². The molecule has 14 heavy (non-hydrogen) atoms. The molecule has 1 unspecified atom stereocenters. The highest BCUT2D eigenvalue weighted by Crippen LogP contribution is 2.11. The van der Waals surface area contributed by atoms with E-state index in [4.69, 9.17) is 4.74 Å². The molecule has 0 N–H and O–H groups in total. The van der Waals surface area contributed by atoms with E-state index in [1.807, 2.05) is 19.9 Å². The molecule has 3 heteroatoms. The summed E-state index contributed by atoms with van der Waals surface area (Å²) in [7, 11) is 0. The van der Waals surface area contributed by atoms with Crippen LogP contribution in [0.4, 0.5) is 0 Å². The van der Waals surface area contributed by atoms with Crippen molar-refractivity contribution in [1.29, 1.82) is 0 Å². The summed E-state index contributed by atoms with van der Waals surface area (Å²) in [6.07, 6.45) is 0.790. The molecule has 0 saturated heterocycles. The van der Waals surface area contributed by atoms with E-state index >= 15 is 0 Å². The molecule has 0 aliphatic rings. The number of benzene rings is 1. The zero-order chi connectivity index (χ0) is 10.6. The van der Waals surface area contributed by atoms with Gasteiger partial charge in [-0.3, -0.25) is 0 Å². The molecule has 0 amide bonds. The number of rotatable bonds is 3. The first-order valence-electron chi connectivity index (χ1n) is 4.63. The molecule has 1 rings (SSSR count). The Morgan fingerprint density at radius 3 is 2.86 bits per heavy atom. The van der Waals surface area contributed by atoms with Gasteiger partial charge in [0.1, 0.15) is 0 Å². The minimum atomic E-state index is -0.282. The predicted octanol–water partition coefficient (Wildman–Crippen LogP) is 2.93. The fourth-order valence-electron chi connectivity index (χ4n) is 0.967. The van der Waals surface area contributed by atoms with Gasteiger partial charge in [-0.15, -0.1) is 12.6 Å². The minimum Gasteiger partial charge on any atom is -0.459 e. The minimum absolute atomic E-state index is 0.0360. The zero-order valence-electron chi connectivity index (χ0n) is 8.36. The lowest BCUT2D eigenvalue weighted by molar-refractivity contribution is 0.0334. The van der Waals surface area contributed by atoms with E-state index in [9.17, 15) is 4.79 Å². The van der Waals surface area contributed by atoms with Crippen molar-refractivity contribution in [2.24, 2.45) is 0 Å². The summed E-state index contributed by atoms with van der Waals surface area (Å²) in [6, 6.07) is 7.04. The first kappa shape index (κ1) is 11.1. The lowest BCUT2D eigenvalue weighted by atomic mass is 10.2. The third-order valence-electron chi connectivity index (χ3n) is 1.96. The van der Waals surface area contributed by atoms with Gasteiger partial charge in [-0.2, -0.15) is 0 Å². The van der Waals surface area contributed by atoms with Crippen molar-refractivity contribution in [3.05, 3.63) is 29.8 Å². The maximum atomic E-state index is 11.5. The number of hydrogen-bond donors (Lipinski definition) is 1. The first-order valence-corrected chi connectivity index (χ1v) is 5.08. The van der Waals surface area contributed by atoms with Crippen LogP contribution in [0.3, 0.4) is 0 Å². The lowest BCUT2D eigenvalue weighted by Gasteiger charge is -2.10. The maximum Gasteiger partial charge on any atom is 0.338 e. The van der Waals surface area contributed by atoms with Gasteiger partial charge in [-0.25, -0.2) is 4.79 Å². The Morgan fingerprint density at radius 1 is 1.57 bits per heavy atom. The summed E-state index contributed by atoms with van der Waals surface area (Å²) >= 11 is 4.15. The number of carbonyl (C=O) groups is 1. The number of esters is 1. The standard InChI is InChI=1S/C11H14O2S/c1-3-8(2)13-11(12)9-5-4-6-10(14)7-9/h4-8,14H,3H2,1-2H3. The molecule has 0 spiro atoms. The zero-order valence-corrected chi connectivity index (χ0v) is 9.25. The maximum absolute atomic E-state index is 11.5. The van der Waals surface area contributed by atoms with E-state index in [1.54, 1.807) is 18.2 Å². The van der Waals surface area contributed by atoms with Crippen LogP contribution in [0.1, 0.15) is 30.6 Å². The van der Waals surface area contributed by atoms with E-state index in [2.05, 4.69) is 12.6 Å². The Kier molecular flexibility index (Phi) is 4.01. The second kappa shape index (κ2) is 5.05. The van der Waals surface area contributed by atoms with E-state index < -0.39 is 0 Å². The molecule has 0 fully saturated rings. The predicted molar refractivity (Wildman–Crippen MR) is 58.9 cm³/mol. The van der Waals surface area contributed by atoms with Crippen LogP contribution in [-0.4, -0.2) is 12.1 Å². The van der Waals surface area contributed by atoms with Gasteiger partial charge >= 0.3 is 5.97 Å². The summed E-state index contributed by atoms with van der Waals surface area (Å²) < 4.78 is 5.17. The molecule has 1 atom stereocenters. The topological polar surface area (TPSA) is 26.3 Å². The van der Waals surface area contributed by atoms with Crippen molar-refractivity contribution in [3.8, 4) is 0 Å². The van der Waals surface area contributed by atoms with Gasteiger partial charge in [-0.05, 0) is 31.5 Å². The van der Waals surface area contributed by atoms with Crippen LogP contribution in [0, 0.1) is 0 Å². The number of ether oxygens (including phenoxy) is 1. The van der Waals surface area contributed by atoms with E-state index in [0.717, 1.165) is 11.3 Å².